The third-order valence-electron chi connectivity index (χ3n) is 2.14. The molecule has 0 aliphatic rings. The standard InChI is InChI=1S/C12H16FN3O/c1-7-4-5-10(6-11(7)13)17-8(2)12(15)16-9(3)14/h4-6,8H,1-3H3,(H3,14,15,16). The van der Waals surface area contributed by atoms with Crippen LogP contribution in [0.2, 0.25) is 0 Å². The summed E-state index contributed by atoms with van der Waals surface area (Å²) in [7, 11) is 0. The molecule has 0 aliphatic carbocycles. The lowest BCUT2D eigenvalue weighted by atomic mass is 10.2. The van der Waals surface area contributed by atoms with E-state index in [2.05, 4.69) is 4.99 Å². The first kappa shape index (κ1) is 13.2. The Bertz CT molecular complexity index is 453. The van der Waals surface area contributed by atoms with Crippen molar-refractivity contribution in [3.8, 4) is 5.75 Å². The van der Waals surface area contributed by atoms with Crippen molar-refractivity contribution in [3.63, 3.8) is 0 Å². The van der Waals surface area contributed by atoms with Gasteiger partial charge in [-0.2, -0.15) is 0 Å². The first-order valence-corrected chi connectivity index (χ1v) is 5.22. The molecule has 0 aromatic heterocycles. The average Bonchev–Trinajstić information content (AvgIpc) is 2.22. The lowest BCUT2D eigenvalue weighted by Crippen LogP contribution is -2.23. The Labute approximate surface area is 99.8 Å². The minimum Gasteiger partial charge on any atom is -0.483 e. The molecule has 0 saturated heterocycles. The van der Waals surface area contributed by atoms with Gasteiger partial charge < -0.3 is 10.5 Å². The summed E-state index contributed by atoms with van der Waals surface area (Å²) in [5.41, 5.74) is 5.91. The van der Waals surface area contributed by atoms with Crippen molar-refractivity contribution < 1.29 is 9.13 Å². The summed E-state index contributed by atoms with van der Waals surface area (Å²) in [5.74, 6) is 0.335. The number of hydrogen-bond donors (Lipinski definition) is 2. The monoisotopic (exact) mass is 237 g/mol. The normalized spacial score (nSPS) is 13.3. The summed E-state index contributed by atoms with van der Waals surface area (Å²) < 4.78 is 18.6. The number of aryl methyl sites for hydroxylation is 1. The van der Waals surface area contributed by atoms with E-state index in [4.69, 9.17) is 15.9 Å². The van der Waals surface area contributed by atoms with Crippen LogP contribution in [0.3, 0.4) is 0 Å². The molecule has 4 nitrogen and oxygen atoms in total. The summed E-state index contributed by atoms with van der Waals surface area (Å²) in [6.07, 6.45) is -0.574. The number of nitrogens with one attached hydrogen (secondary N) is 1. The van der Waals surface area contributed by atoms with Crippen LogP contribution in [0.25, 0.3) is 0 Å². The van der Waals surface area contributed by atoms with Crippen LogP contribution < -0.4 is 10.5 Å². The predicted molar refractivity (Wildman–Crippen MR) is 66.3 cm³/mol. The fourth-order valence-electron chi connectivity index (χ4n) is 1.19. The topological polar surface area (TPSA) is 71.5 Å². The van der Waals surface area contributed by atoms with Crippen LogP contribution >= 0.6 is 0 Å². The maximum absolute atomic E-state index is 13.3. The lowest BCUT2D eigenvalue weighted by Gasteiger charge is -2.13. The Morgan fingerprint density at radius 1 is 1.53 bits per heavy atom. The molecule has 5 heteroatoms. The first-order chi connectivity index (χ1) is 7.90. The Balaban J connectivity index is 2.74. The molecule has 1 aromatic rings. The van der Waals surface area contributed by atoms with E-state index in [1.165, 1.54) is 6.07 Å². The summed E-state index contributed by atoms with van der Waals surface area (Å²) in [4.78, 5) is 3.77. The van der Waals surface area contributed by atoms with Crippen molar-refractivity contribution in [2.24, 2.45) is 10.7 Å². The highest BCUT2D eigenvalue weighted by atomic mass is 19.1. The van der Waals surface area contributed by atoms with Gasteiger partial charge >= 0.3 is 0 Å². The Morgan fingerprint density at radius 3 is 2.71 bits per heavy atom. The molecule has 1 atom stereocenters. The van der Waals surface area contributed by atoms with E-state index in [0.717, 1.165) is 0 Å². The van der Waals surface area contributed by atoms with Crippen LogP contribution in [0.4, 0.5) is 4.39 Å². The zero-order valence-electron chi connectivity index (χ0n) is 10.1. The molecule has 17 heavy (non-hydrogen) atoms. The zero-order valence-corrected chi connectivity index (χ0v) is 10.1. The molecule has 0 fully saturated rings. The summed E-state index contributed by atoms with van der Waals surface area (Å²) in [5, 5.41) is 7.58. The third kappa shape index (κ3) is 3.86. The van der Waals surface area contributed by atoms with Gasteiger partial charge in [-0.15, -0.1) is 0 Å². The number of hydrogen-bond acceptors (Lipinski definition) is 2. The molecular weight excluding hydrogens is 221 g/mol. The SMILES string of the molecule is CC(N)=NC(=N)C(C)Oc1ccc(C)c(F)c1. The van der Waals surface area contributed by atoms with Crippen LogP contribution in [0.15, 0.2) is 23.2 Å². The minimum absolute atomic E-state index is 0.00554. The number of amidine groups is 2. The van der Waals surface area contributed by atoms with Gasteiger partial charge in [-0.25, -0.2) is 9.38 Å². The maximum Gasteiger partial charge on any atom is 0.163 e. The van der Waals surface area contributed by atoms with Crippen molar-refractivity contribution >= 4 is 11.7 Å². The average molecular weight is 237 g/mol. The van der Waals surface area contributed by atoms with Crippen LogP contribution in [0, 0.1) is 18.2 Å². The van der Waals surface area contributed by atoms with Crippen LogP contribution in [0.1, 0.15) is 19.4 Å². The highest BCUT2D eigenvalue weighted by molar-refractivity contribution is 5.95. The van der Waals surface area contributed by atoms with Gasteiger partial charge in [0.05, 0.1) is 5.84 Å². The Kier molecular flexibility index (Phi) is 4.20. The van der Waals surface area contributed by atoms with Gasteiger partial charge in [0.2, 0.25) is 0 Å². The van der Waals surface area contributed by atoms with E-state index in [1.54, 1.807) is 32.9 Å². The summed E-state index contributed by atoms with van der Waals surface area (Å²) in [6.45, 7) is 4.92. The van der Waals surface area contributed by atoms with Crippen molar-refractivity contribution in [1.82, 2.24) is 0 Å². The maximum atomic E-state index is 13.3. The van der Waals surface area contributed by atoms with Crippen molar-refractivity contribution in [2.45, 2.75) is 26.9 Å². The highest BCUT2D eigenvalue weighted by Gasteiger charge is 2.10. The van der Waals surface area contributed by atoms with E-state index < -0.39 is 6.10 Å². The van der Waals surface area contributed by atoms with E-state index in [1.807, 2.05) is 0 Å². The van der Waals surface area contributed by atoms with E-state index in [-0.39, 0.29) is 11.7 Å². The summed E-state index contributed by atoms with van der Waals surface area (Å²) >= 11 is 0. The highest BCUT2D eigenvalue weighted by Crippen LogP contribution is 2.17. The van der Waals surface area contributed by atoms with Gasteiger partial charge in [0.15, 0.2) is 11.9 Å². The smallest absolute Gasteiger partial charge is 0.163 e. The fourth-order valence-corrected chi connectivity index (χ4v) is 1.19. The van der Waals surface area contributed by atoms with Crippen LogP contribution in [-0.4, -0.2) is 17.8 Å². The number of rotatable bonds is 3. The van der Waals surface area contributed by atoms with Crippen LogP contribution in [0.5, 0.6) is 5.75 Å². The molecule has 1 unspecified atom stereocenters. The quantitative estimate of drug-likeness (QED) is 0.625. The third-order valence-corrected chi connectivity index (χ3v) is 2.14. The number of benzene rings is 1. The molecule has 0 amide bonds. The Hall–Kier alpha value is -1.91. The van der Waals surface area contributed by atoms with Crippen LogP contribution in [-0.2, 0) is 0 Å². The van der Waals surface area contributed by atoms with Gasteiger partial charge in [-0.05, 0) is 32.4 Å². The minimum atomic E-state index is -0.574. The predicted octanol–water partition coefficient (Wildman–Crippen LogP) is 2.26. The molecule has 0 heterocycles. The lowest BCUT2D eigenvalue weighted by molar-refractivity contribution is 0.283. The van der Waals surface area contributed by atoms with Gasteiger partial charge in [0.1, 0.15) is 11.6 Å². The van der Waals surface area contributed by atoms with Crippen molar-refractivity contribution in [2.75, 3.05) is 0 Å². The number of aliphatic imine (C=N–C) groups is 1. The van der Waals surface area contributed by atoms with Crippen molar-refractivity contribution in [3.05, 3.63) is 29.6 Å². The number of nitrogens with two attached hydrogens (primary N) is 1. The fraction of sp³-hybridized carbons (Fsp3) is 0.333. The molecule has 0 saturated carbocycles. The molecule has 0 radical (unpaired) electrons. The molecule has 92 valence electrons. The van der Waals surface area contributed by atoms with Gasteiger partial charge in [0, 0.05) is 6.07 Å². The van der Waals surface area contributed by atoms with E-state index >= 15 is 0 Å². The second-order valence-electron chi connectivity index (χ2n) is 3.81. The second-order valence-corrected chi connectivity index (χ2v) is 3.81. The first-order valence-electron chi connectivity index (χ1n) is 5.22. The van der Waals surface area contributed by atoms with E-state index in [0.29, 0.717) is 17.1 Å². The molecule has 0 bridgehead atoms. The van der Waals surface area contributed by atoms with Gasteiger partial charge in [-0.3, -0.25) is 5.41 Å². The van der Waals surface area contributed by atoms with Crippen molar-refractivity contribution in [1.29, 1.82) is 5.41 Å². The van der Waals surface area contributed by atoms with E-state index in [9.17, 15) is 4.39 Å². The van der Waals surface area contributed by atoms with Gasteiger partial charge in [-0.1, -0.05) is 6.07 Å². The molecule has 3 N–H and O–H groups in total. The molecule has 1 aromatic carbocycles. The number of halogens is 1. The molecule has 1 rings (SSSR count). The zero-order chi connectivity index (χ0) is 13.0. The molecule has 0 aliphatic heterocycles. The second kappa shape index (κ2) is 5.43. The largest absolute Gasteiger partial charge is 0.483 e. The number of ether oxygens (including phenoxy) is 1. The summed E-state index contributed by atoms with van der Waals surface area (Å²) in [6, 6.07) is 4.57. The van der Waals surface area contributed by atoms with Gasteiger partial charge in [0.25, 0.3) is 0 Å². The number of nitrogens with zero attached hydrogens (tertiary/aromatic N) is 1. The molecule has 0 spiro atoms. The Morgan fingerprint density at radius 2 is 2.18 bits per heavy atom. The molecular formula is C12H16FN3O.